The fourth-order valence-electron chi connectivity index (χ4n) is 3.85. The summed E-state index contributed by atoms with van der Waals surface area (Å²) in [6.45, 7) is 7.62. The first kappa shape index (κ1) is 18.3. The van der Waals surface area contributed by atoms with Gasteiger partial charge in [0.1, 0.15) is 5.50 Å². The maximum absolute atomic E-state index is 13.2. The molecule has 2 fully saturated rings. The molecule has 0 amide bonds. The molecule has 0 spiro atoms. The molecule has 3 rings (SSSR count). The molecule has 2 unspecified atom stereocenters. The van der Waals surface area contributed by atoms with E-state index < -0.39 is 36.1 Å². The zero-order valence-corrected chi connectivity index (χ0v) is 14.8. The second kappa shape index (κ2) is 5.75. The molecule has 1 aliphatic carbocycles. The minimum absolute atomic E-state index is 0.0236. The van der Waals surface area contributed by atoms with Crippen LogP contribution in [0.15, 0.2) is 12.2 Å². The van der Waals surface area contributed by atoms with Gasteiger partial charge in [0.05, 0.1) is 11.2 Å². The molecule has 24 heavy (non-hydrogen) atoms. The zero-order chi connectivity index (χ0) is 17.8. The second-order valence-corrected chi connectivity index (χ2v) is 8.22. The first-order valence-electron chi connectivity index (χ1n) is 8.77. The molecule has 2 atom stereocenters. The van der Waals surface area contributed by atoms with E-state index in [9.17, 15) is 13.2 Å². The van der Waals surface area contributed by atoms with Crippen molar-refractivity contribution in [3.05, 3.63) is 12.2 Å². The molecule has 2 heterocycles. The molecule has 3 nitrogen and oxygen atoms in total. The van der Waals surface area contributed by atoms with Crippen molar-refractivity contribution in [3.8, 4) is 0 Å². The van der Waals surface area contributed by atoms with E-state index in [2.05, 4.69) is 0 Å². The Hall–Kier alpha value is -0.525. The van der Waals surface area contributed by atoms with Gasteiger partial charge in [0.2, 0.25) is 0 Å². The Kier molecular flexibility index (Phi) is 4.37. The van der Waals surface area contributed by atoms with Crippen LogP contribution in [0.1, 0.15) is 59.8 Å². The van der Waals surface area contributed by atoms with Crippen LogP contribution in [0.2, 0.25) is 0 Å². The van der Waals surface area contributed by atoms with Gasteiger partial charge in [0.15, 0.2) is 6.10 Å². The fraction of sp³-hybridized carbons (Fsp3) is 0.882. The largest absolute Gasteiger partial charge is 0.496 e. The van der Waals surface area contributed by atoms with Crippen LogP contribution in [-0.4, -0.2) is 36.1 Å². The van der Waals surface area contributed by atoms with Gasteiger partial charge in [-0.2, -0.15) is 13.2 Å². The van der Waals surface area contributed by atoms with Crippen molar-refractivity contribution < 1.29 is 27.2 Å². The summed E-state index contributed by atoms with van der Waals surface area (Å²) < 4.78 is 57.5. The Morgan fingerprint density at radius 2 is 1.50 bits per heavy atom. The first-order chi connectivity index (χ1) is 11.0. The van der Waals surface area contributed by atoms with Gasteiger partial charge in [-0.15, -0.1) is 0 Å². The van der Waals surface area contributed by atoms with E-state index in [-0.39, 0.29) is 5.92 Å². The van der Waals surface area contributed by atoms with E-state index in [1.807, 2.05) is 27.7 Å². The first-order valence-corrected chi connectivity index (χ1v) is 8.77. The van der Waals surface area contributed by atoms with Gasteiger partial charge < -0.3 is 14.0 Å². The predicted octanol–water partition coefficient (Wildman–Crippen LogP) is 4.45. The molecule has 0 radical (unpaired) electrons. The van der Waals surface area contributed by atoms with Crippen molar-refractivity contribution in [2.24, 2.45) is 5.92 Å². The topological polar surface area (TPSA) is 27.7 Å². The van der Waals surface area contributed by atoms with Crippen molar-refractivity contribution >= 4 is 7.12 Å². The molecule has 3 aliphatic rings. The summed E-state index contributed by atoms with van der Waals surface area (Å²) in [5, 5.41) is 0. The van der Waals surface area contributed by atoms with Crippen molar-refractivity contribution in [1.82, 2.24) is 0 Å². The third-order valence-corrected chi connectivity index (χ3v) is 6.05. The number of alkyl halides is 3. The van der Waals surface area contributed by atoms with E-state index in [1.165, 1.54) is 0 Å². The quantitative estimate of drug-likeness (QED) is 0.546. The van der Waals surface area contributed by atoms with Crippen molar-refractivity contribution in [2.75, 3.05) is 0 Å². The van der Waals surface area contributed by atoms with Crippen LogP contribution in [0.3, 0.4) is 0 Å². The standard InChI is InChI=1S/C17H26BF3O3/c1-14(2)15(3,4)24-18(23-14)16(12-8-6-5-7-9-12)11-10-13(22-16)17(19,20)21/h10-13H,5-9H2,1-4H3. The molecular formula is C17H26BF3O3. The minimum Gasteiger partial charge on any atom is -0.401 e. The molecule has 0 aromatic rings. The number of hydrogen-bond donors (Lipinski definition) is 0. The number of hydrogen-bond acceptors (Lipinski definition) is 3. The second-order valence-electron chi connectivity index (χ2n) is 8.22. The highest BCUT2D eigenvalue weighted by Gasteiger charge is 2.65. The summed E-state index contributed by atoms with van der Waals surface area (Å²) in [4.78, 5) is 0. The van der Waals surface area contributed by atoms with Crippen LogP contribution in [0.25, 0.3) is 0 Å². The number of ether oxygens (including phenoxy) is 1. The van der Waals surface area contributed by atoms with E-state index in [0.717, 1.165) is 38.2 Å². The Balaban J connectivity index is 1.92. The summed E-state index contributed by atoms with van der Waals surface area (Å²) in [5.41, 5.74) is -2.37. The van der Waals surface area contributed by atoms with Gasteiger partial charge in [-0.05, 0) is 52.5 Å². The molecule has 1 saturated carbocycles. The maximum atomic E-state index is 13.2. The highest BCUT2D eigenvalue weighted by atomic mass is 19.4. The lowest BCUT2D eigenvalue weighted by Gasteiger charge is -2.40. The van der Waals surface area contributed by atoms with E-state index in [0.29, 0.717) is 0 Å². The van der Waals surface area contributed by atoms with Crippen LogP contribution in [0.4, 0.5) is 13.2 Å². The molecule has 1 saturated heterocycles. The van der Waals surface area contributed by atoms with Crippen molar-refractivity contribution in [3.63, 3.8) is 0 Å². The number of halogens is 3. The summed E-state index contributed by atoms with van der Waals surface area (Å²) in [6, 6.07) is 0. The lowest BCUT2D eigenvalue weighted by molar-refractivity contribution is -0.220. The van der Waals surface area contributed by atoms with Crippen LogP contribution in [0, 0.1) is 5.92 Å². The minimum atomic E-state index is -4.42. The average molecular weight is 346 g/mol. The average Bonchev–Trinajstić information content (AvgIpc) is 3.01. The SMILES string of the molecule is CC1(C)OB(C2(C3CCCCC3)C=CC(C(F)(F)F)O2)OC1(C)C. The highest BCUT2D eigenvalue weighted by Crippen LogP contribution is 2.49. The summed E-state index contributed by atoms with van der Waals surface area (Å²) >= 11 is 0. The molecule has 0 N–H and O–H groups in total. The van der Waals surface area contributed by atoms with Gasteiger partial charge in [-0.1, -0.05) is 25.3 Å². The van der Waals surface area contributed by atoms with Crippen LogP contribution >= 0.6 is 0 Å². The lowest BCUT2D eigenvalue weighted by Crippen LogP contribution is -2.55. The third-order valence-electron chi connectivity index (χ3n) is 6.05. The normalized spacial score (nSPS) is 36.5. The van der Waals surface area contributed by atoms with E-state index in [1.54, 1.807) is 6.08 Å². The fourth-order valence-corrected chi connectivity index (χ4v) is 3.85. The van der Waals surface area contributed by atoms with Gasteiger partial charge >= 0.3 is 13.3 Å². The summed E-state index contributed by atoms with van der Waals surface area (Å²) in [5.74, 6) is -0.0236. The maximum Gasteiger partial charge on any atom is 0.496 e. The number of rotatable bonds is 2. The van der Waals surface area contributed by atoms with Gasteiger partial charge in [-0.3, -0.25) is 0 Å². The van der Waals surface area contributed by atoms with Crippen LogP contribution in [-0.2, 0) is 14.0 Å². The van der Waals surface area contributed by atoms with Gasteiger partial charge in [0.25, 0.3) is 0 Å². The molecular weight excluding hydrogens is 320 g/mol. The molecule has 136 valence electrons. The van der Waals surface area contributed by atoms with E-state index >= 15 is 0 Å². The Morgan fingerprint density at radius 1 is 0.958 bits per heavy atom. The molecule has 2 aliphatic heterocycles. The van der Waals surface area contributed by atoms with Crippen molar-refractivity contribution in [1.29, 1.82) is 0 Å². The summed E-state index contributed by atoms with van der Waals surface area (Å²) in [7, 11) is -0.825. The van der Waals surface area contributed by atoms with E-state index in [4.69, 9.17) is 14.0 Å². The Morgan fingerprint density at radius 3 is 1.96 bits per heavy atom. The molecule has 0 aromatic carbocycles. The van der Waals surface area contributed by atoms with Crippen LogP contribution < -0.4 is 0 Å². The van der Waals surface area contributed by atoms with Gasteiger partial charge in [0, 0.05) is 0 Å². The predicted molar refractivity (Wildman–Crippen MR) is 85.5 cm³/mol. The Labute approximate surface area is 142 Å². The summed E-state index contributed by atoms with van der Waals surface area (Å²) in [6.07, 6.45) is 1.15. The Bertz CT molecular complexity index is 496. The molecule has 7 heteroatoms. The lowest BCUT2D eigenvalue weighted by atomic mass is 9.57. The van der Waals surface area contributed by atoms with Crippen LogP contribution in [0.5, 0.6) is 0 Å². The monoisotopic (exact) mass is 346 g/mol. The molecule has 0 aromatic heterocycles. The van der Waals surface area contributed by atoms with Crippen molar-refractivity contribution in [2.45, 2.75) is 88.8 Å². The zero-order valence-electron chi connectivity index (χ0n) is 14.8. The third kappa shape index (κ3) is 2.93. The molecule has 0 bridgehead atoms. The highest BCUT2D eigenvalue weighted by molar-refractivity contribution is 6.50. The smallest absolute Gasteiger partial charge is 0.401 e. The van der Waals surface area contributed by atoms with Gasteiger partial charge in [-0.25, -0.2) is 0 Å².